The van der Waals surface area contributed by atoms with Crippen LogP contribution in [-0.4, -0.2) is 51.8 Å². The number of nitrogens with one attached hydrogen (secondary N) is 1. The van der Waals surface area contributed by atoms with Crippen LogP contribution in [0.1, 0.15) is 0 Å². The quantitative estimate of drug-likeness (QED) is 0.653. The Bertz CT molecular complexity index is 142. The molecule has 3 nitrogen and oxygen atoms in total. The molecule has 0 atom stereocenters. The van der Waals surface area contributed by atoms with Crippen molar-refractivity contribution >= 4 is 15.9 Å². The molecule has 0 aromatic heterocycles. The van der Waals surface area contributed by atoms with Gasteiger partial charge in [0.25, 0.3) is 0 Å². The predicted octanol–water partition coefficient (Wildman–Crippen LogP) is 1.06. The summed E-state index contributed by atoms with van der Waals surface area (Å²) in [5, 5.41) is 3.26. The second-order valence-electron chi connectivity index (χ2n) is 2.99. The fraction of sp³-hybridized carbons (Fsp3) is 0.778. The van der Waals surface area contributed by atoms with Crippen LogP contribution >= 0.6 is 15.9 Å². The fourth-order valence-electron chi connectivity index (χ4n) is 0.853. The number of nitrogens with zero attached hydrogens (tertiary/aromatic N) is 1. The second kappa shape index (κ2) is 8.69. The highest BCUT2D eigenvalue weighted by molar-refractivity contribution is 9.11. The van der Waals surface area contributed by atoms with Crippen molar-refractivity contribution in [2.24, 2.45) is 0 Å². The minimum absolute atomic E-state index is 0.793. The molecular weight excluding hydrogens is 232 g/mol. The Morgan fingerprint density at radius 1 is 1.54 bits per heavy atom. The number of halogens is 1. The smallest absolute Gasteiger partial charge is 0.0589 e. The Morgan fingerprint density at radius 2 is 2.23 bits per heavy atom. The summed E-state index contributed by atoms with van der Waals surface area (Å²) in [6, 6.07) is 0. The van der Waals surface area contributed by atoms with E-state index in [2.05, 4.69) is 39.8 Å². The molecule has 4 heteroatoms. The highest BCUT2D eigenvalue weighted by atomic mass is 79.9. The molecule has 0 rings (SSSR count). The van der Waals surface area contributed by atoms with Crippen LogP contribution < -0.4 is 5.32 Å². The monoisotopic (exact) mass is 250 g/mol. The van der Waals surface area contributed by atoms with E-state index < -0.39 is 0 Å². The van der Waals surface area contributed by atoms with Crippen molar-refractivity contribution in [2.75, 3.05) is 46.9 Å². The van der Waals surface area contributed by atoms with Gasteiger partial charge in [0.15, 0.2) is 0 Å². The number of rotatable bonds is 8. The maximum Gasteiger partial charge on any atom is 0.0589 e. The maximum atomic E-state index is 4.97. The molecule has 0 radical (unpaired) electrons. The van der Waals surface area contributed by atoms with E-state index in [0.29, 0.717) is 0 Å². The summed E-state index contributed by atoms with van der Waals surface area (Å²) < 4.78 is 5.97. The van der Waals surface area contributed by atoms with Crippen LogP contribution in [0.15, 0.2) is 11.1 Å². The van der Waals surface area contributed by atoms with Crippen LogP contribution in [-0.2, 0) is 4.74 Å². The van der Waals surface area contributed by atoms with E-state index in [9.17, 15) is 0 Å². The van der Waals surface area contributed by atoms with E-state index in [1.165, 1.54) is 0 Å². The van der Waals surface area contributed by atoms with Crippen molar-refractivity contribution < 1.29 is 4.74 Å². The van der Waals surface area contributed by atoms with Crippen molar-refractivity contribution in [1.82, 2.24) is 10.2 Å². The summed E-state index contributed by atoms with van der Waals surface area (Å²) in [6.45, 7) is 8.35. The normalized spacial score (nSPS) is 10.8. The zero-order chi connectivity index (χ0) is 10.1. The van der Waals surface area contributed by atoms with Gasteiger partial charge in [0.05, 0.1) is 6.61 Å². The van der Waals surface area contributed by atoms with Gasteiger partial charge in [-0.25, -0.2) is 0 Å². The average molecular weight is 251 g/mol. The molecule has 0 amide bonds. The molecule has 0 heterocycles. The maximum absolute atomic E-state index is 4.97. The molecule has 0 fully saturated rings. The van der Waals surface area contributed by atoms with Crippen LogP contribution in [0.5, 0.6) is 0 Å². The SMILES string of the molecule is C=C(Br)CNCCN(C)CCOC. The molecule has 0 unspecified atom stereocenters. The van der Waals surface area contributed by atoms with Crippen molar-refractivity contribution in [3.05, 3.63) is 11.1 Å². The summed E-state index contributed by atoms with van der Waals surface area (Å²) in [6.07, 6.45) is 0. The summed E-state index contributed by atoms with van der Waals surface area (Å²) in [5.41, 5.74) is 0. The highest BCUT2D eigenvalue weighted by Crippen LogP contribution is 1.95. The molecular formula is C9H19BrN2O. The van der Waals surface area contributed by atoms with Gasteiger partial charge in [0, 0.05) is 37.8 Å². The molecule has 0 aromatic rings. The molecule has 0 aliphatic rings. The van der Waals surface area contributed by atoms with Gasteiger partial charge in [-0.15, -0.1) is 0 Å². The van der Waals surface area contributed by atoms with Crippen LogP contribution in [0.2, 0.25) is 0 Å². The minimum Gasteiger partial charge on any atom is -0.383 e. The number of likely N-dealkylation sites (N-methyl/N-ethyl adjacent to an activating group) is 1. The van der Waals surface area contributed by atoms with Gasteiger partial charge < -0.3 is 15.0 Å². The molecule has 0 aliphatic heterocycles. The first-order chi connectivity index (χ1) is 6.16. The largest absolute Gasteiger partial charge is 0.383 e. The molecule has 0 saturated carbocycles. The Hall–Kier alpha value is 0.1000. The number of hydrogen-bond donors (Lipinski definition) is 1. The first-order valence-corrected chi connectivity index (χ1v) is 5.17. The van der Waals surface area contributed by atoms with Crippen molar-refractivity contribution in [2.45, 2.75) is 0 Å². The zero-order valence-corrected chi connectivity index (χ0v) is 10.1. The Kier molecular flexibility index (Phi) is 8.75. The predicted molar refractivity (Wildman–Crippen MR) is 60.3 cm³/mol. The number of methoxy groups -OCH3 is 1. The third-order valence-electron chi connectivity index (χ3n) is 1.66. The molecule has 1 N–H and O–H groups in total. The molecule has 0 saturated heterocycles. The summed E-state index contributed by atoms with van der Waals surface area (Å²) in [5.74, 6) is 0. The van der Waals surface area contributed by atoms with Crippen molar-refractivity contribution in [3.63, 3.8) is 0 Å². The Balaban J connectivity index is 3.16. The van der Waals surface area contributed by atoms with E-state index >= 15 is 0 Å². The minimum atomic E-state index is 0.793. The van der Waals surface area contributed by atoms with Crippen LogP contribution in [0.25, 0.3) is 0 Å². The van der Waals surface area contributed by atoms with Gasteiger partial charge >= 0.3 is 0 Å². The topological polar surface area (TPSA) is 24.5 Å². The van der Waals surface area contributed by atoms with Gasteiger partial charge in [0.1, 0.15) is 0 Å². The molecule has 0 bridgehead atoms. The number of hydrogen-bond acceptors (Lipinski definition) is 3. The van der Waals surface area contributed by atoms with Crippen molar-refractivity contribution in [3.8, 4) is 0 Å². The van der Waals surface area contributed by atoms with Gasteiger partial charge in [0.2, 0.25) is 0 Å². The van der Waals surface area contributed by atoms with E-state index in [-0.39, 0.29) is 0 Å². The lowest BCUT2D eigenvalue weighted by Crippen LogP contribution is -2.31. The Labute approximate surface area is 89.3 Å². The van der Waals surface area contributed by atoms with Gasteiger partial charge in [-0.05, 0) is 7.05 Å². The third kappa shape index (κ3) is 10.0. The molecule has 0 spiro atoms. The molecule has 0 aliphatic carbocycles. The lowest BCUT2D eigenvalue weighted by Gasteiger charge is -2.15. The first kappa shape index (κ1) is 13.1. The van der Waals surface area contributed by atoms with Crippen LogP contribution in [0.3, 0.4) is 0 Å². The average Bonchev–Trinajstić information content (AvgIpc) is 2.08. The Morgan fingerprint density at radius 3 is 2.77 bits per heavy atom. The van der Waals surface area contributed by atoms with Gasteiger partial charge in [-0.2, -0.15) is 0 Å². The number of ether oxygens (including phenoxy) is 1. The highest BCUT2D eigenvalue weighted by Gasteiger charge is 1.96. The van der Waals surface area contributed by atoms with Crippen LogP contribution in [0.4, 0.5) is 0 Å². The fourth-order valence-corrected chi connectivity index (χ4v) is 1.05. The van der Waals surface area contributed by atoms with Crippen molar-refractivity contribution in [1.29, 1.82) is 0 Å². The summed E-state index contributed by atoms with van der Waals surface area (Å²) in [4.78, 5) is 2.23. The summed E-state index contributed by atoms with van der Waals surface area (Å²) >= 11 is 3.29. The lowest BCUT2D eigenvalue weighted by atomic mass is 10.5. The van der Waals surface area contributed by atoms with E-state index in [4.69, 9.17) is 4.74 Å². The third-order valence-corrected chi connectivity index (χ3v) is 1.94. The van der Waals surface area contributed by atoms with E-state index in [0.717, 1.165) is 37.3 Å². The lowest BCUT2D eigenvalue weighted by molar-refractivity contribution is 0.161. The second-order valence-corrected chi connectivity index (χ2v) is 4.11. The molecule has 78 valence electrons. The van der Waals surface area contributed by atoms with E-state index in [1.807, 2.05) is 0 Å². The van der Waals surface area contributed by atoms with Gasteiger partial charge in [-0.3, -0.25) is 0 Å². The van der Waals surface area contributed by atoms with Crippen LogP contribution in [0, 0.1) is 0 Å². The van der Waals surface area contributed by atoms with E-state index in [1.54, 1.807) is 7.11 Å². The molecule has 0 aromatic carbocycles. The standard InChI is InChI=1S/C9H19BrN2O/c1-9(10)8-11-4-5-12(2)6-7-13-3/h11H,1,4-8H2,2-3H3. The first-order valence-electron chi connectivity index (χ1n) is 4.38. The zero-order valence-electron chi connectivity index (χ0n) is 8.48. The van der Waals surface area contributed by atoms with Gasteiger partial charge in [-0.1, -0.05) is 22.5 Å². The molecule has 13 heavy (non-hydrogen) atoms. The summed E-state index contributed by atoms with van der Waals surface area (Å²) in [7, 11) is 3.81.